The Kier molecular flexibility index (Phi) is 8.73. The summed E-state index contributed by atoms with van der Waals surface area (Å²) >= 11 is 0. The number of hydrogen-bond acceptors (Lipinski definition) is 5. The maximum absolute atomic E-state index is 12.6. The van der Waals surface area contributed by atoms with Gasteiger partial charge < -0.3 is 15.5 Å². The lowest BCUT2D eigenvalue weighted by molar-refractivity contribution is 0.0662. The number of anilines is 1. The van der Waals surface area contributed by atoms with Gasteiger partial charge in [0.1, 0.15) is 0 Å². The van der Waals surface area contributed by atoms with Crippen LogP contribution in [-0.4, -0.2) is 53.7 Å². The lowest BCUT2D eigenvalue weighted by Gasteiger charge is -2.32. The quantitative estimate of drug-likeness (QED) is 0.871. The molecule has 1 atom stereocenters. The maximum atomic E-state index is 12.6. The fraction of sp³-hybridized carbons (Fsp3) is 0.688. The fourth-order valence-electron chi connectivity index (χ4n) is 3.44. The Hall–Kier alpha value is -1.11. The highest BCUT2D eigenvalue weighted by Crippen LogP contribution is 2.21. The molecule has 0 spiro atoms. The third-order valence-electron chi connectivity index (χ3n) is 4.68. The molecule has 2 aliphatic rings. The van der Waals surface area contributed by atoms with E-state index in [1.807, 2.05) is 17.0 Å². The molecular formula is C16H27Cl2N5O. The average Bonchev–Trinajstić information content (AvgIpc) is 3.09. The van der Waals surface area contributed by atoms with Crippen molar-refractivity contribution in [2.24, 2.45) is 11.7 Å². The molecule has 2 aliphatic heterocycles. The number of nitrogens with two attached hydrogens (primary N) is 1. The standard InChI is InChI=1S/C16H25N5O.2ClH/c17-8-7-13-4-3-11-21(12-13)16(22)14-5-6-15(19-18-14)20-9-1-2-10-20;;/h5-6,13H,1-4,7-12,17H2;2*1H. The Labute approximate surface area is 156 Å². The molecule has 2 fully saturated rings. The van der Waals surface area contributed by atoms with E-state index in [1.165, 1.54) is 19.3 Å². The van der Waals surface area contributed by atoms with E-state index in [-0.39, 0.29) is 30.7 Å². The third-order valence-corrected chi connectivity index (χ3v) is 4.68. The number of amides is 1. The first-order valence-electron chi connectivity index (χ1n) is 8.36. The summed E-state index contributed by atoms with van der Waals surface area (Å²) in [5.74, 6) is 1.41. The zero-order valence-electron chi connectivity index (χ0n) is 13.9. The lowest BCUT2D eigenvalue weighted by Crippen LogP contribution is -2.40. The van der Waals surface area contributed by atoms with Gasteiger partial charge in [-0.3, -0.25) is 4.79 Å². The van der Waals surface area contributed by atoms with Crippen molar-refractivity contribution in [1.29, 1.82) is 0 Å². The van der Waals surface area contributed by atoms with Gasteiger partial charge in [-0.2, -0.15) is 0 Å². The molecule has 6 nitrogen and oxygen atoms in total. The number of carbonyl (C=O) groups is 1. The van der Waals surface area contributed by atoms with Gasteiger partial charge in [0.2, 0.25) is 0 Å². The Morgan fingerprint density at radius 2 is 1.88 bits per heavy atom. The van der Waals surface area contributed by atoms with Crippen LogP contribution in [0.25, 0.3) is 0 Å². The number of rotatable bonds is 4. The van der Waals surface area contributed by atoms with Gasteiger partial charge >= 0.3 is 0 Å². The van der Waals surface area contributed by atoms with E-state index in [9.17, 15) is 4.79 Å². The molecule has 0 radical (unpaired) electrons. The number of halogens is 2. The fourth-order valence-corrected chi connectivity index (χ4v) is 3.44. The zero-order chi connectivity index (χ0) is 15.4. The van der Waals surface area contributed by atoms with Crippen LogP contribution in [0.4, 0.5) is 5.82 Å². The molecule has 0 saturated carbocycles. The normalized spacial score (nSPS) is 20.3. The van der Waals surface area contributed by atoms with E-state index in [0.717, 1.165) is 44.8 Å². The monoisotopic (exact) mass is 375 g/mol. The van der Waals surface area contributed by atoms with Crippen molar-refractivity contribution in [3.63, 3.8) is 0 Å². The summed E-state index contributed by atoms with van der Waals surface area (Å²) < 4.78 is 0. The second-order valence-electron chi connectivity index (χ2n) is 6.31. The molecule has 0 aliphatic carbocycles. The first-order chi connectivity index (χ1) is 10.8. The first kappa shape index (κ1) is 20.9. The first-order valence-corrected chi connectivity index (χ1v) is 8.36. The molecule has 3 rings (SSSR count). The van der Waals surface area contributed by atoms with Crippen LogP contribution in [0.3, 0.4) is 0 Å². The summed E-state index contributed by atoms with van der Waals surface area (Å²) in [6, 6.07) is 3.74. The summed E-state index contributed by atoms with van der Waals surface area (Å²) in [5.41, 5.74) is 6.09. The molecule has 1 aromatic rings. The molecule has 24 heavy (non-hydrogen) atoms. The summed E-state index contributed by atoms with van der Waals surface area (Å²) in [7, 11) is 0. The molecule has 136 valence electrons. The van der Waals surface area contributed by atoms with Crippen LogP contribution in [0, 0.1) is 5.92 Å². The number of carbonyl (C=O) groups excluding carboxylic acids is 1. The minimum atomic E-state index is 0. The van der Waals surface area contributed by atoms with E-state index in [4.69, 9.17) is 5.73 Å². The van der Waals surface area contributed by atoms with E-state index < -0.39 is 0 Å². The Morgan fingerprint density at radius 1 is 1.12 bits per heavy atom. The summed E-state index contributed by atoms with van der Waals surface area (Å²) in [4.78, 5) is 16.7. The number of nitrogens with zero attached hydrogens (tertiary/aromatic N) is 4. The Morgan fingerprint density at radius 3 is 2.50 bits per heavy atom. The summed E-state index contributed by atoms with van der Waals surface area (Å²) in [6.45, 7) is 4.38. The summed E-state index contributed by atoms with van der Waals surface area (Å²) in [6.07, 6.45) is 5.62. The van der Waals surface area contributed by atoms with E-state index in [0.29, 0.717) is 18.2 Å². The molecule has 2 N–H and O–H groups in total. The van der Waals surface area contributed by atoms with Crippen molar-refractivity contribution in [2.75, 3.05) is 37.6 Å². The minimum Gasteiger partial charge on any atom is -0.355 e. The van der Waals surface area contributed by atoms with Crippen LogP contribution >= 0.6 is 24.8 Å². The van der Waals surface area contributed by atoms with Crippen molar-refractivity contribution >= 4 is 36.5 Å². The lowest BCUT2D eigenvalue weighted by atomic mass is 9.94. The molecule has 1 aromatic heterocycles. The van der Waals surface area contributed by atoms with Crippen molar-refractivity contribution in [2.45, 2.75) is 32.1 Å². The van der Waals surface area contributed by atoms with Crippen LogP contribution in [0.5, 0.6) is 0 Å². The van der Waals surface area contributed by atoms with Gasteiger partial charge in [-0.25, -0.2) is 0 Å². The minimum absolute atomic E-state index is 0. The van der Waals surface area contributed by atoms with E-state index in [2.05, 4.69) is 15.1 Å². The largest absolute Gasteiger partial charge is 0.355 e. The predicted octanol–water partition coefficient (Wildman–Crippen LogP) is 2.12. The maximum Gasteiger partial charge on any atom is 0.274 e. The average molecular weight is 376 g/mol. The number of aromatic nitrogens is 2. The molecule has 0 bridgehead atoms. The van der Waals surface area contributed by atoms with E-state index >= 15 is 0 Å². The van der Waals surface area contributed by atoms with Crippen LogP contribution in [0.2, 0.25) is 0 Å². The van der Waals surface area contributed by atoms with Gasteiger partial charge in [0.15, 0.2) is 11.5 Å². The van der Waals surface area contributed by atoms with Crippen molar-refractivity contribution in [3.05, 3.63) is 17.8 Å². The Bertz CT molecular complexity index is 506. The molecule has 1 amide bonds. The molecule has 1 unspecified atom stereocenters. The predicted molar refractivity (Wildman–Crippen MR) is 100 cm³/mol. The van der Waals surface area contributed by atoms with E-state index in [1.54, 1.807) is 0 Å². The highest BCUT2D eigenvalue weighted by atomic mass is 35.5. The topological polar surface area (TPSA) is 75.3 Å². The van der Waals surface area contributed by atoms with Gasteiger partial charge in [-0.1, -0.05) is 0 Å². The van der Waals surface area contributed by atoms with Crippen LogP contribution < -0.4 is 10.6 Å². The van der Waals surface area contributed by atoms with Crippen molar-refractivity contribution in [1.82, 2.24) is 15.1 Å². The number of hydrogen-bond donors (Lipinski definition) is 1. The SMILES string of the molecule is Cl.Cl.NCCC1CCCN(C(=O)c2ccc(N3CCCC3)nn2)C1. The molecule has 2 saturated heterocycles. The van der Waals surface area contributed by atoms with Gasteiger partial charge in [0.05, 0.1) is 0 Å². The molecule has 0 aromatic carbocycles. The van der Waals surface area contributed by atoms with Gasteiger partial charge in [0.25, 0.3) is 5.91 Å². The van der Waals surface area contributed by atoms with Crippen molar-refractivity contribution in [3.8, 4) is 0 Å². The highest BCUT2D eigenvalue weighted by molar-refractivity contribution is 5.92. The van der Waals surface area contributed by atoms with Crippen LogP contribution in [0.1, 0.15) is 42.6 Å². The van der Waals surface area contributed by atoms with Crippen molar-refractivity contribution < 1.29 is 4.79 Å². The van der Waals surface area contributed by atoms with Gasteiger partial charge in [-0.05, 0) is 56.7 Å². The second kappa shape index (κ2) is 10.0. The molecule has 3 heterocycles. The molecular weight excluding hydrogens is 349 g/mol. The number of piperidine rings is 1. The number of likely N-dealkylation sites (tertiary alicyclic amines) is 1. The third kappa shape index (κ3) is 4.94. The Balaban J connectivity index is 0.00000144. The zero-order valence-corrected chi connectivity index (χ0v) is 15.5. The summed E-state index contributed by atoms with van der Waals surface area (Å²) in [5, 5.41) is 8.40. The second-order valence-corrected chi connectivity index (χ2v) is 6.31. The smallest absolute Gasteiger partial charge is 0.274 e. The van der Waals surface area contributed by atoms with Gasteiger partial charge in [0, 0.05) is 26.2 Å². The molecule has 8 heteroatoms. The van der Waals surface area contributed by atoms with Gasteiger partial charge in [-0.15, -0.1) is 35.0 Å². The van der Waals surface area contributed by atoms with Crippen LogP contribution in [-0.2, 0) is 0 Å². The highest BCUT2D eigenvalue weighted by Gasteiger charge is 2.25. The van der Waals surface area contributed by atoms with Crippen LogP contribution in [0.15, 0.2) is 12.1 Å².